The first kappa shape index (κ1) is 57.0. The lowest BCUT2D eigenvalue weighted by Crippen LogP contribution is -2.69. The standard InChI is InChI=1S/C54H87NO18/c1-9-10-11-12-13-36(61)55-37-31(24-56)70-47(44(39(37)63)72-46-42(66)40(64)43(27(2)69-46)71-45-41(65)38(62)30(58)25-68-45)73-48(67)54-21-20-49(3,4)22-29(54)28-14-15-33-50(5)18-17-34(59)51(6,26-57)32(50)16-19-52(33,7)53(28,8)23-35(54)60/h14,26-27,29-35,37-47,56,58-60,62-66H,9-13,15-25H2,1-8H3,(H,55,61)/t27?,29?,30-,31?,32-,33?,34+,35?,37+,38?,39?,40?,41?,42?,43+,44?,45+,46+,47+,50?,51-,52+,53-,54-/m1/s1. The second-order valence-electron chi connectivity index (χ2n) is 25.2. The van der Waals surface area contributed by atoms with Crippen LogP contribution in [-0.2, 0) is 42.8 Å². The predicted molar refractivity (Wildman–Crippen MR) is 259 cm³/mol. The van der Waals surface area contributed by atoms with Gasteiger partial charge in [-0.1, -0.05) is 79.4 Å². The van der Waals surface area contributed by atoms with Crippen molar-refractivity contribution in [3.63, 3.8) is 0 Å². The predicted octanol–water partition coefficient (Wildman–Crippen LogP) is 2.05. The summed E-state index contributed by atoms with van der Waals surface area (Å²) in [5.41, 5.74) is -2.77. The van der Waals surface area contributed by atoms with Gasteiger partial charge in [-0.15, -0.1) is 0 Å². The number of aldehydes is 1. The van der Waals surface area contributed by atoms with E-state index in [1.54, 1.807) is 0 Å². The van der Waals surface area contributed by atoms with Crippen molar-refractivity contribution in [3.05, 3.63) is 11.6 Å². The molecule has 1 amide bonds. The quantitative estimate of drug-likeness (QED) is 0.0515. The fraction of sp³-hybridized carbons (Fsp3) is 0.907. The summed E-state index contributed by atoms with van der Waals surface area (Å²) in [4.78, 5) is 41.7. The molecule has 0 aromatic carbocycles. The Morgan fingerprint density at radius 1 is 0.767 bits per heavy atom. The Morgan fingerprint density at radius 3 is 2.15 bits per heavy atom. The van der Waals surface area contributed by atoms with Crippen LogP contribution < -0.4 is 5.32 Å². The van der Waals surface area contributed by atoms with Gasteiger partial charge in [-0.25, -0.2) is 0 Å². The van der Waals surface area contributed by atoms with Gasteiger partial charge in [0.15, 0.2) is 18.7 Å². The lowest BCUT2D eigenvalue weighted by atomic mass is 9.33. The molecule has 3 saturated heterocycles. The summed E-state index contributed by atoms with van der Waals surface area (Å²) in [6.45, 7) is 15.4. The average Bonchev–Trinajstić information content (AvgIpc) is 3.33. The van der Waals surface area contributed by atoms with E-state index in [0.717, 1.165) is 50.4 Å². The molecule has 3 aliphatic heterocycles. The van der Waals surface area contributed by atoms with E-state index >= 15 is 4.79 Å². The molecule has 8 rings (SSSR count). The molecule has 7 fully saturated rings. The van der Waals surface area contributed by atoms with Crippen LogP contribution in [0.15, 0.2) is 11.6 Å². The van der Waals surface area contributed by atoms with E-state index in [0.29, 0.717) is 32.1 Å². The highest BCUT2D eigenvalue weighted by molar-refractivity contribution is 5.80. The van der Waals surface area contributed by atoms with E-state index in [-0.39, 0.29) is 54.0 Å². The first-order chi connectivity index (χ1) is 34.3. The zero-order chi connectivity index (χ0) is 53.4. The summed E-state index contributed by atoms with van der Waals surface area (Å²) in [6.07, 6.45) is -11.2. The van der Waals surface area contributed by atoms with Gasteiger partial charge < -0.3 is 84.5 Å². The molecule has 12 unspecified atom stereocenters. The molecular formula is C54H87NO18. The Balaban J connectivity index is 1.10. The van der Waals surface area contributed by atoms with Gasteiger partial charge in [-0.3, -0.25) is 9.59 Å². The number of fused-ring (bicyclic) bond motifs is 7. The van der Waals surface area contributed by atoms with Gasteiger partial charge >= 0.3 is 5.97 Å². The van der Waals surface area contributed by atoms with Crippen molar-refractivity contribution in [3.8, 4) is 0 Å². The Labute approximate surface area is 429 Å². The van der Waals surface area contributed by atoms with Gasteiger partial charge in [-0.2, -0.15) is 0 Å². The van der Waals surface area contributed by atoms with Crippen LogP contribution in [0.5, 0.6) is 0 Å². The number of esters is 1. The van der Waals surface area contributed by atoms with Crippen molar-refractivity contribution in [1.82, 2.24) is 5.32 Å². The number of aliphatic hydroxyl groups is 9. The molecule has 10 N–H and O–H groups in total. The van der Waals surface area contributed by atoms with E-state index in [9.17, 15) is 55.5 Å². The van der Waals surface area contributed by atoms with Crippen LogP contribution in [0.25, 0.3) is 0 Å². The van der Waals surface area contributed by atoms with Crippen LogP contribution in [0.1, 0.15) is 145 Å². The molecule has 5 aliphatic carbocycles. The third-order valence-electron chi connectivity index (χ3n) is 20.5. The van der Waals surface area contributed by atoms with Crippen molar-refractivity contribution in [2.75, 3.05) is 13.2 Å². The zero-order valence-corrected chi connectivity index (χ0v) is 44.1. The van der Waals surface area contributed by atoms with E-state index in [4.69, 9.17) is 28.4 Å². The van der Waals surface area contributed by atoms with Gasteiger partial charge in [0.05, 0.1) is 43.0 Å². The molecule has 24 atom stereocenters. The number of allylic oxidation sites excluding steroid dienone is 2. The summed E-state index contributed by atoms with van der Waals surface area (Å²) >= 11 is 0. The fourth-order valence-electron chi connectivity index (χ4n) is 15.8. The molecule has 0 spiro atoms. The monoisotopic (exact) mass is 1040 g/mol. The van der Waals surface area contributed by atoms with E-state index in [2.05, 4.69) is 46.0 Å². The number of carbonyl (C=O) groups is 3. The van der Waals surface area contributed by atoms with E-state index in [1.807, 2.05) is 13.8 Å². The smallest absolute Gasteiger partial charge is 0.317 e. The van der Waals surface area contributed by atoms with Crippen molar-refractivity contribution in [2.45, 2.75) is 243 Å². The number of rotatable bonds is 14. The molecule has 73 heavy (non-hydrogen) atoms. The number of carbonyl (C=O) groups excluding carboxylic acids is 3. The fourth-order valence-corrected chi connectivity index (χ4v) is 15.8. The second kappa shape index (κ2) is 21.2. The third kappa shape index (κ3) is 9.60. The summed E-state index contributed by atoms with van der Waals surface area (Å²) in [7, 11) is 0. The minimum atomic E-state index is -1.92. The molecule has 0 aromatic rings. The molecule has 0 bridgehead atoms. The Kier molecular flexibility index (Phi) is 16.6. The summed E-state index contributed by atoms with van der Waals surface area (Å²) < 4.78 is 36.3. The summed E-state index contributed by atoms with van der Waals surface area (Å²) in [5.74, 6) is -1.65. The maximum atomic E-state index is 15.6. The lowest BCUT2D eigenvalue weighted by molar-refractivity contribution is -0.370. The van der Waals surface area contributed by atoms with Crippen molar-refractivity contribution in [1.29, 1.82) is 0 Å². The first-order valence-corrected chi connectivity index (χ1v) is 27.2. The third-order valence-corrected chi connectivity index (χ3v) is 20.5. The minimum absolute atomic E-state index is 0.0334. The van der Waals surface area contributed by atoms with Crippen LogP contribution in [0, 0.1) is 50.2 Å². The molecule has 3 heterocycles. The topological polar surface area (TPSA) is 301 Å². The number of nitrogens with one attached hydrogen (secondary N) is 1. The van der Waals surface area contributed by atoms with Crippen LogP contribution in [0.3, 0.4) is 0 Å². The first-order valence-electron chi connectivity index (χ1n) is 27.2. The molecule has 0 aromatic heterocycles. The van der Waals surface area contributed by atoms with Crippen LogP contribution in [0.2, 0.25) is 0 Å². The molecule has 416 valence electrons. The SMILES string of the molecule is CCCCCCC(=O)N[C@H]1C(CO)O[C@@H](OC(=O)[C@]23CCC(C)(C)CC2C2=CCC4C5(C)CC[C@H](O)[C@](C)(C=O)[C@@H]5CC[C@]4(C)[C@]2(C)CC3O)C(O[C@@H]2OC(C)[C@H](O[C@@H]3OC[C@@H](O)C(O)C3O)C(O)C2O)C1O. The number of hydrogen-bond donors (Lipinski definition) is 10. The molecular weight excluding hydrogens is 951 g/mol. The van der Waals surface area contributed by atoms with Gasteiger partial charge in [0.2, 0.25) is 12.2 Å². The Bertz CT molecular complexity index is 2030. The number of hydrogen-bond acceptors (Lipinski definition) is 18. The average molecular weight is 1040 g/mol. The highest BCUT2D eigenvalue weighted by Crippen LogP contribution is 2.76. The molecule has 19 nitrogen and oxygen atoms in total. The molecule has 8 aliphatic rings. The maximum Gasteiger partial charge on any atom is 0.317 e. The van der Waals surface area contributed by atoms with Crippen molar-refractivity contribution in [2.24, 2.45) is 50.2 Å². The van der Waals surface area contributed by atoms with Crippen molar-refractivity contribution >= 4 is 18.2 Å². The van der Waals surface area contributed by atoms with Gasteiger partial charge in [-0.05, 0) is 111 Å². The number of amides is 1. The molecule has 4 saturated carbocycles. The largest absolute Gasteiger partial charge is 0.432 e. The van der Waals surface area contributed by atoms with E-state index < -0.39 is 139 Å². The molecule has 19 heteroatoms. The van der Waals surface area contributed by atoms with Crippen LogP contribution in [-0.4, -0.2) is 175 Å². The number of unbranched alkanes of at least 4 members (excludes halogenated alkanes) is 3. The maximum absolute atomic E-state index is 15.6. The number of aliphatic hydroxyl groups excluding tert-OH is 9. The van der Waals surface area contributed by atoms with Crippen molar-refractivity contribution < 1.29 is 88.8 Å². The highest BCUT2D eigenvalue weighted by Gasteiger charge is 2.72. The Morgan fingerprint density at radius 2 is 1.47 bits per heavy atom. The lowest BCUT2D eigenvalue weighted by Gasteiger charge is -2.71. The normalized spacial score (nSPS) is 50.5. The van der Waals surface area contributed by atoms with E-state index in [1.165, 1.54) is 6.92 Å². The van der Waals surface area contributed by atoms with Gasteiger partial charge in [0.25, 0.3) is 0 Å². The molecule has 0 radical (unpaired) electrons. The Hall–Kier alpha value is -2.21. The van der Waals surface area contributed by atoms with Gasteiger partial charge in [0.1, 0.15) is 60.5 Å². The zero-order valence-electron chi connectivity index (χ0n) is 44.1. The minimum Gasteiger partial charge on any atom is -0.432 e. The summed E-state index contributed by atoms with van der Waals surface area (Å²) in [5, 5.41) is 104. The van der Waals surface area contributed by atoms with Crippen LogP contribution >= 0.6 is 0 Å². The van der Waals surface area contributed by atoms with Gasteiger partial charge in [0, 0.05) is 6.42 Å². The van der Waals surface area contributed by atoms with Crippen LogP contribution in [0.4, 0.5) is 0 Å². The second-order valence-corrected chi connectivity index (χ2v) is 25.2. The highest BCUT2D eigenvalue weighted by atomic mass is 16.8. The summed E-state index contributed by atoms with van der Waals surface area (Å²) in [6, 6.07) is -1.31. The number of ether oxygens (including phenoxy) is 6.